The van der Waals surface area contributed by atoms with Gasteiger partial charge in [-0.1, -0.05) is 6.07 Å². The Bertz CT molecular complexity index is 668. The minimum atomic E-state index is -4.02. The van der Waals surface area contributed by atoms with Crippen LogP contribution in [-0.2, 0) is 10.0 Å². The third-order valence-corrected chi connectivity index (χ3v) is 5.33. The molecule has 1 aliphatic carbocycles. The van der Waals surface area contributed by atoms with Gasteiger partial charge in [0.2, 0.25) is 10.0 Å². The van der Waals surface area contributed by atoms with E-state index in [9.17, 15) is 18.5 Å². The largest absolute Gasteiger partial charge is 0.318 e. The Hall–Kier alpha value is -1.71. The number of anilines is 1. The van der Waals surface area contributed by atoms with E-state index < -0.39 is 31.1 Å². The van der Waals surface area contributed by atoms with Crippen LogP contribution < -0.4 is 16.0 Å². The number of nitro benzene ring substituents is 1. The molecule has 0 unspecified atom stereocenters. The van der Waals surface area contributed by atoms with Crippen molar-refractivity contribution in [2.45, 2.75) is 37.1 Å². The Kier molecular flexibility index (Phi) is 3.91. The summed E-state index contributed by atoms with van der Waals surface area (Å²) in [5.74, 6) is 5.47. The van der Waals surface area contributed by atoms with Gasteiger partial charge >= 0.3 is 5.69 Å². The molecule has 0 saturated heterocycles. The van der Waals surface area contributed by atoms with Crippen molar-refractivity contribution in [2.75, 3.05) is 5.43 Å². The molecule has 0 radical (unpaired) electrons. The van der Waals surface area contributed by atoms with Crippen LogP contribution in [0.15, 0.2) is 23.1 Å². The van der Waals surface area contributed by atoms with Crippen molar-refractivity contribution in [2.24, 2.45) is 11.8 Å². The fourth-order valence-electron chi connectivity index (χ4n) is 2.33. The molecule has 8 nitrogen and oxygen atoms in total. The predicted octanol–water partition coefficient (Wildman–Crippen LogP) is 1.35. The van der Waals surface area contributed by atoms with Gasteiger partial charge in [0.1, 0.15) is 5.69 Å². The molecule has 1 aromatic carbocycles. The highest BCUT2D eigenvalue weighted by molar-refractivity contribution is 7.89. The quantitative estimate of drug-likeness (QED) is 0.413. The number of para-hydroxylation sites is 1. The van der Waals surface area contributed by atoms with Gasteiger partial charge in [0.25, 0.3) is 0 Å². The summed E-state index contributed by atoms with van der Waals surface area (Å²) in [6, 6.07) is 3.95. The highest BCUT2D eigenvalue weighted by Gasteiger charge is 2.42. The number of hydrogen-bond donors (Lipinski definition) is 3. The van der Waals surface area contributed by atoms with Gasteiger partial charge in [-0.05, 0) is 44.7 Å². The summed E-state index contributed by atoms with van der Waals surface area (Å²) < 4.78 is 27.5. The number of nitro groups is 1. The van der Waals surface area contributed by atoms with Crippen molar-refractivity contribution in [3.05, 3.63) is 28.3 Å². The Morgan fingerprint density at radius 1 is 1.38 bits per heavy atom. The summed E-state index contributed by atoms with van der Waals surface area (Å²) >= 11 is 0. The van der Waals surface area contributed by atoms with Gasteiger partial charge < -0.3 is 5.43 Å². The summed E-state index contributed by atoms with van der Waals surface area (Å²) in [4.78, 5) is 10.0. The zero-order valence-corrected chi connectivity index (χ0v) is 12.6. The van der Waals surface area contributed by atoms with Crippen molar-refractivity contribution in [1.29, 1.82) is 0 Å². The lowest BCUT2D eigenvalue weighted by molar-refractivity contribution is -0.386. The third-order valence-electron chi connectivity index (χ3n) is 3.62. The number of benzene rings is 1. The van der Waals surface area contributed by atoms with Crippen LogP contribution in [-0.4, -0.2) is 18.9 Å². The van der Waals surface area contributed by atoms with E-state index in [1.54, 1.807) is 13.8 Å². The topological polar surface area (TPSA) is 127 Å². The van der Waals surface area contributed by atoms with Gasteiger partial charge in [0.05, 0.1) is 4.92 Å². The normalized spacial score (nSPS) is 15.8. The van der Waals surface area contributed by atoms with E-state index in [2.05, 4.69) is 10.1 Å². The van der Waals surface area contributed by atoms with Crippen molar-refractivity contribution in [3.8, 4) is 0 Å². The van der Waals surface area contributed by atoms with Crippen LogP contribution in [0.25, 0.3) is 0 Å². The van der Waals surface area contributed by atoms with E-state index in [1.807, 2.05) is 0 Å². The zero-order valence-electron chi connectivity index (χ0n) is 11.8. The molecule has 0 amide bonds. The molecule has 0 heterocycles. The monoisotopic (exact) mass is 314 g/mol. The molecular weight excluding hydrogens is 296 g/mol. The molecule has 1 saturated carbocycles. The first-order chi connectivity index (χ1) is 9.69. The number of nitrogens with zero attached hydrogens (tertiary/aromatic N) is 1. The summed E-state index contributed by atoms with van der Waals surface area (Å²) in [6.45, 7) is 3.55. The van der Waals surface area contributed by atoms with Gasteiger partial charge in [0.15, 0.2) is 4.90 Å². The van der Waals surface area contributed by atoms with E-state index in [4.69, 9.17) is 5.84 Å². The van der Waals surface area contributed by atoms with Crippen molar-refractivity contribution >= 4 is 21.4 Å². The summed E-state index contributed by atoms with van der Waals surface area (Å²) in [7, 11) is -4.02. The molecule has 1 aliphatic rings. The fourth-order valence-corrected chi connectivity index (χ4v) is 4.00. The second-order valence-electron chi connectivity index (χ2n) is 5.66. The third kappa shape index (κ3) is 3.14. The molecule has 0 aliphatic heterocycles. The first-order valence-corrected chi connectivity index (χ1v) is 7.95. The number of sulfonamides is 1. The Balaban J connectivity index is 2.47. The standard InChI is InChI=1S/C12H18N4O4S/c1-12(2,8-6-7-8)15-21(19,20)10-5-3-4-9(14-13)11(10)16(17)18/h3-5,8,14-15H,6-7,13H2,1-2H3. The van der Waals surface area contributed by atoms with E-state index >= 15 is 0 Å². The molecule has 1 fully saturated rings. The smallest absolute Gasteiger partial charge is 0.313 e. The fraction of sp³-hybridized carbons (Fsp3) is 0.500. The van der Waals surface area contributed by atoms with Gasteiger partial charge in [-0.25, -0.2) is 13.1 Å². The van der Waals surface area contributed by atoms with Crippen molar-refractivity contribution in [1.82, 2.24) is 4.72 Å². The van der Waals surface area contributed by atoms with Crippen LogP contribution in [0.1, 0.15) is 26.7 Å². The minimum Gasteiger partial charge on any atom is -0.318 e. The number of rotatable bonds is 6. The van der Waals surface area contributed by atoms with Gasteiger partial charge in [-0.3, -0.25) is 16.0 Å². The van der Waals surface area contributed by atoms with Gasteiger partial charge in [-0.2, -0.15) is 0 Å². The molecule has 0 bridgehead atoms. The molecule has 0 spiro atoms. The molecule has 116 valence electrons. The van der Waals surface area contributed by atoms with Crippen LogP contribution in [0, 0.1) is 16.0 Å². The molecular formula is C12H18N4O4S. The van der Waals surface area contributed by atoms with Crippen molar-refractivity contribution < 1.29 is 13.3 Å². The van der Waals surface area contributed by atoms with Crippen LogP contribution in [0.2, 0.25) is 0 Å². The summed E-state index contributed by atoms with van der Waals surface area (Å²) in [6.07, 6.45) is 1.89. The number of hydrazine groups is 1. The summed E-state index contributed by atoms with van der Waals surface area (Å²) in [5.41, 5.74) is 0.908. The summed E-state index contributed by atoms with van der Waals surface area (Å²) in [5, 5.41) is 11.2. The number of nitrogens with one attached hydrogen (secondary N) is 2. The average Bonchev–Trinajstić information content (AvgIpc) is 3.20. The molecule has 4 N–H and O–H groups in total. The minimum absolute atomic E-state index is 0.0490. The van der Waals surface area contributed by atoms with Gasteiger partial charge in [-0.15, -0.1) is 0 Å². The molecule has 9 heteroatoms. The van der Waals surface area contributed by atoms with E-state index in [0.717, 1.165) is 12.8 Å². The van der Waals surface area contributed by atoms with Crippen LogP contribution in [0.4, 0.5) is 11.4 Å². The SMILES string of the molecule is CC(C)(NS(=O)(=O)c1cccc(NN)c1[N+](=O)[O-])C1CC1. The van der Waals surface area contributed by atoms with Gasteiger partial charge in [0, 0.05) is 5.54 Å². The lowest BCUT2D eigenvalue weighted by Gasteiger charge is -2.25. The second kappa shape index (κ2) is 5.24. The maximum atomic E-state index is 12.5. The van der Waals surface area contributed by atoms with E-state index in [0.29, 0.717) is 0 Å². The first kappa shape index (κ1) is 15.7. The Morgan fingerprint density at radius 3 is 2.48 bits per heavy atom. The van der Waals surface area contributed by atoms with Crippen molar-refractivity contribution in [3.63, 3.8) is 0 Å². The maximum absolute atomic E-state index is 12.5. The van der Waals surface area contributed by atoms with Crippen LogP contribution >= 0.6 is 0 Å². The lowest BCUT2D eigenvalue weighted by Crippen LogP contribution is -2.45. The number of nitrogens with two attached hydrogens (primary N) is 1. The van der Waals surface area contributed by atoms with E-state index in [-0.39, 0.29) is 11.6 Å². The number of nitrogen functional groups attached to an aromatic ring is 1. The molecule has 0 aromatic heterocycles. The van der Waals surface area contributed by atoms with Crippen LogP contribution in [0.3, 0.4) is 0 Å². The zero-order chi connectivity index (χ0) is 15.8. The Labute approximate surface area is 122 Å². The molecule has 0 atom stereocenters. The lowest BCUT2D eigenvalue weighted by atomic mass is 10.0. The number of hydrogen-bond acceptors (Lipinski definition) is 6. The highest BCUT2D eigenvalue weighted by atomic mass is 32.2. The van der Waals surface area contributed by atoms with Crippen LogP contribution in [0.5, 0.6) is 0 Å². The highest BCUT2D eigenvalue weighted by Crippen LogP contribution is 2.40. The second-order valence-corrected chi connectivity index (χ2v) is 7.31. The molecule has 2 rings (SSSR count). The molecule has 21 heavy (non-hydrogen) atoms. The average molecular weight is 314 g/mol. The first-order valence-electron chi connectivity index (χ1n) is 6.47. The molecule has 1 aromatic rings. The maximum Gasteiger partial charge on any atom is 0.313 e. The predicted molar refractivity (Wildman–Crippen MR) is 78.0 cm³/mol. The Morgan fingerprint density at radius 2 is 2.00 bits per heavy atom. The van der Waals surface area contributed by atoms with E-state index in [1.165, 1.54) is 18.2 Å².